The van der Waals surface area contributed by atoms with E-state index in [2.05, 4.69) is 5.16 Å². The van der Waals surface area contributed by atoms with Crippen LogP contribution in [0.15, 0.2) is 53.1 Å². The molecule has 0 bridgehead atoms. The van der Waals surface area contributed by atoms with Crippen molar-refractivity contribution in [2.75, 3.05) is 44.4 Å². The molecule has 7 nitrogen and oxygen atoms in total. The third-order valence-electron chi connectivity index (χ3n) is 6.36. The van der Waals surface area contributed by atoms with Crippen LogP contribution in [-0.2, 0) is 16.0 Å². The zero-order valence-corrected chi connectivity index (χ0v) is 19.3. The van der Waals surface area contributed by atoms with E-state index in [1.54, 1.807) is 17.0 Å². The topological polar surface area (TPSA) is 68.0 Å². The predicted molar refractivity (Wildman–Crippen MR) is 125 cm³/mol. The van der Waals surface area contributed by atoms with Gasteiger partial charge in [0.2, 0.25) is 5.88 Å². The van der Waals surface area contributed by atoms with Gasteiger partial charge in [0.15, 0.2) is 0 Å². The van der Waals surface area contributed by atoms with Gasteiger partial charge in [-0.2, -0.15) is 0 Å². The smallest absolute Gasteiger partial charge is 0.254 e. The van der Waals surface area contributed by atoms with Crippen molar-refractivity contribution < 1.29 is 27.6 Å². The Morgan fingerprint density at radius 2 is 1.69 bits per heavy atom. The molecule has 9 heteroatoms. The zero-order valence-electron chi connectivity index (χ0n) is 19.3. The van der Waals surface area contributed by atoms with Crippen LogP contribution in [0.5, 0.6) is 0 Å². The fraction of sp³-hybridized carbons (Fsp3) is 0.385. The third-order valence-corrected chi connectivity index (χ3v) is 6.36. The summed E-state index contributed by atoms with van der Waals surface area (Å²) < 4.78 is 44.2. The molecular weight excluding hydrogens is 456 g/mol. The van der Waals surface area contributed by atoms with E-state index >= 15 is 0 Å². The van der Waals surface area contributed by atoms with Crippen LogP contribution >= 0.6 is 0 Å². The van der Waals surface area contributed by atoms with Crippen molar-refractivity contribution in [3.8, 4) is 11.3 Å². The number of anilines is 1. The molecule has 1 aromatic heterocycles. The molecule has 2 fully saturated rings. The highest BCUT2D eigenvalue weighted by Gasteiger charge is 2.30. The lowest BCUT2D eigenvalue weighted by molar-refractivity contribution is 0.0507. The lowest BCUT2D eigenvalue weighted by Gasteiger charge is -2.29. The predicted octanol–water partition coefficient (Wildman–Crippen LogP) is 4.28. The number of ether oxygens (including phenoxy) is 2. The molecule has 0 aliphatic carbocycles. The first kappa shape index (κ1) is 23.4. The Morgan fingerprint density at radius 3 is 2.34 bits per heavy atom. The second-order valence-electron chi connectivity index (χ2n) is 8.75. The number of aromatic nitrogens is 1. The molecule has 0 N–H and O–H groups in total. The number of benzene rings is 2. The number of carbonyl (C=O) groups excluding carboxylic acids is 1. The Hall–Kier alpha value is -3.30. The van der Waals surface area contributed by atoms with Gasteiger partial charge in [-0.25, -0.2) is 8.78 Å². The fourth-order valence-electron chi connectivity index (χ4n) is 4.51. The lowest BCUT2D eigenvalue weighted by atomic mass is 10.1. The maximum Gasteiger partial charge on any atom is 0.254 e. The highest BCUT2D eigenvalue weighted by atomic mass is 19.1. The molecule has 3 aromatic rings. The van der Waals surface area contributed by atoms with E-state index in [9.17, 15) is 13.6 Å². The minimum Gasteiger partial charge on any atom is -0.378 e. The molecule has 0 spiro atoms. The van der Waals surface area contributed by atoms with Crippen molar-refractivity contribution in [2.45, 2.75) is 25.5 Å². The molecule has 2 aliphatic heterocycles. The van der Waals surface area contributed by atoms with E-state index in [1.165, 1.54) is 36.4 Å². The summed E-state index contributed by atoms with van der Waals surface area (Å²) in [6.07, 6.45) is 1.72. The summed E-state index contributed by atoms with van der Waals surface area (Å²) in [6.45, 7) is 3.62. The van der Waals surface area contributed by atoms with Crippen LogP contribution < -0.4 is 4.90 Å². The molecule has 184 valence electrons. The maximum atomic E-state index is 13.6. The van der Waals surface area contributed by atoms with Crippen LogP contribution in [0, 0.1) is 11.6 Å². The molecule has 1 atom stereocenters. The quantitative estimate of drug-likeness (QED) is 0.500. The Balaban J connectivity index is 1.52. The number of nitrogens with zero attached hydrogens (tertiary/aromatic N) is 3. The monoisotopic (exact) mass is 483 g/mol. The summed E-state index contributed by atoms with van der Waals surface area (Å²) in [5.74, 6) is -0.422. The highest BCUT2D eigenvalue weighted by Crippen LogP contribution is 2.34. The van der Waals surface area contributed by atoms with E-state index in [1.807, 2.05) is 4.90 Å². The van der Waals surface area contributed by atoms with Gasteiger partial charge >= 0.3 is 0 Å². The zero-order chi connectivity index (χ0) is 24.2. The van der Waals surface area contributed by atoms with Crippen LogP contribution in [0.3, 0.4) is 0 Å². The van der Waals surface area contributed by atoms with Crippen molar-refractivity contribution in [1.29, 1.82) is 0 Å². The first-order valence-electron chi connectivity index (χ1n) is 11.8. The van der Waals surface area contributed by atoms with Crippen LogP contribution in [0.4, 0.5) is 14.7 Å². The normalized spacial score (nSPS) is 18.1. The van der Waals surface area contributed by atoms with Gasteiger partial charge in [-0.3, -0.25) is 4.79 Å². The van der Waals surface area contributed by atoms with Crippen molar-refractivity contribution in [1.82, 2.24) is 10.1 Å². The van der Waals surface area contributed by atoms with Gasteiger partial charge in [0, 0.05) is 37.4 Å². The fourth-order valence-corrected chi connectivity index (χ4v) is 4.51. The average Bonchev–Trinajstić information content (AvgIpc) is 3.55. The standard InChI is InChI=1S/C26H27F2N3O4/c27-20-7-3-18(4-8-20)24-23(26(35-29-24)30-11-14-33-15-12-30)17-31(16-22-2-1-13-34-22)25(32)19-5-9-21(28)10-6-19/h3-10,22H,1-2,11-17H2. The van der Waals surface area contributed by atoms with Crippen molar-refractivity contribution in [3.05, 3.63) is 71.3 Å². The van der Waals surface area contributed by atoms with Crippen LogP contribution in [-0.4, -0.2) is 61.5 Å². The van der Waals surface area contributed by atoms with Crippen LogP contribution in [0.25, 0.3) is 11.3 Å². The molecule has 35 heavy (non-hydrogen) atoms. The third kappa shape index (κ3) is 5.36. The van der Waals surface area contributed by atoms with E-state index in [0.717, 1.165) is 18.4 Å². The number of amides is 1. The van der Waals surface area contributed by atoms with Crippen molar-refractivity contribution >= 4 is 11.8 Å². The van der Waals surface area contributed by atoms with Gasteiger partial charge in [-0.1, -0.05) is 5.16 Å². The number of morpholine rings is 1. The van der Waals surface area contributed by atoms with Crippen LogP contribution in [0.1, 0.15) is 28.8 Å². The summed E-state index contributed by atoms with van der Waals surface area (Å²) in [6, 6.07) is 11.6. The number of halogens is 2. The Kier molecular flexibility index (Phi) is 7.06. The second-order valence-corrected chi connectivity index (χ2v) is 8.75. The summed E-state index contributed by atoms with van der Waals surface area (Å²) in [4.78, 5) is 17.3. The molecule has 5 rings (SSSR count). The van der Waals surface area contributed by atoms with Gasteiger partial charge in [0.25, 0.3) is 5.91 Å². The summed E-state index contributed by atoms with van der Waals surface area (Å²) >= 11 is 0. The first-order chi connectivity index (χ1) is 17.1. The molecule has 0 radical (unpaired) electrons. The number of carbonyl (C=O) groups is 1. The second kappa shape index (κ2) is 10.5. The average molecular weight is 484 g/mol. The van der Waals surface area contributed by atoms with E-state index in [4.69, 9.17) is 14.0 Å². The van der Waals surface area contributed by atoms with Crippen molar-refractivity contribution in [2.24, 2.45) is 0 Å². The molecule has 0 saturated carbocycles. The molecule has 3 heterocycles. The SMILES string of the molecule is O=C(c1ccc(F)cc1)N(Cc1c(-c2ccc(F)cc2)noc1N1CCOCC1)CC1CCCO1. The number of rotatable bonds is 7. The summed E-state index contributed by atoms with van der Waals surface area (Å²) in [5.41, 5.74) is 2.36. The Bertz CT molecular complexity index is 1140. The number of hydrogen-bond donors (Lipinski definition) is 0. The molecule has 2 aromatic carbocycles. The lowest BCUT2D eigenvalue weighted by Crippen LogP contribution is -2.39. The molecular formula is C26H27F2N3O4. The molecule has 1 amide bonds. The summed E-state index contributed by atoms with van der Waals surface area (Å²) in [7, 11) is 0. The Labute approximate surface area is 202 Å². The molecule has 1 unspecified atom stereocenters. The van der Waals surface area contributed by atoms with Crippen molar-refractivity contribution in [3.63, 3.8) is 0 Å². The first-order valence-corrected chi connectivity index (χ1v) is 11.8. The van der Waals surface area contributed by atoms with Gasteiger partial charge < -0.3 is 23.8 Å². The van der Waals surface area contributed by atoms with Gasteiger partial charge in [-0.05, 0) is 61.4 Å². The van der Waals surface area contributed by atoms with Crippen LogP contribution in [0.2, 0.25) is 0 Å². The van der Waals surface area contributed by atoms with Gasteiger partial charge in [0.1, 0.15) is 17.3 Å². The van der Waals surface area contributed by atoms with E-state index in [-0.39, 0.29) is 24.4 Å². The van der Waals surface area contributed by atoms with Gasteiger partial charge in [-0.15, -0.1) is 0 Å². The summed E-state index contributed by atoms with van der Waals surface area (Å²) in [5, 5.41) is 4.32. The minimum absolute atomic E-state index is 0.0830. The largest absolute Gasteiger partial charge is 0.378 e. The van der Waals surface area contributed by atoms with E-state index in [0.29, 0.717) is 62.2 Å². The molecule has 2 saturated heterocycles. The maximum absolute atomic E-state index is 13.6. The molecule has 2 aliphatic rings. The van der Waals surface area contributed by atoms with Gasteiger partial charge in [0.05, 0.1) is 31.4 Å². The highest BCUT2D eigenvalue weighted by molar-refractivity contribution is 5.94. The minimum atomic E-state index is -0.403. The van der Waals surface area contributed by atoms with E-state index < -0.39 is 5.82 Å². The Morgan fingerprint density at radius 1 is 1.00 bits per heavy atom. The number of hydrogen-bond acceptors (Lipinski definition) is 6.